The van der Waals surface area contributed by atoms with Gasteiger partial charge in [0.15, 0.2) is 40.4 Å². The molecule has 2 unspecified atom stereocenters. The van der Waals surface area contributed by atoms with Crippen LogP contribution >= 0.6 is 0 Å². The number of ketones is 4. The highest BCUT2D eigenvalue weighted by Crippen LogP contribution is 2.53. The molecule has 0 radical (unpaired) electrons. The van der Waals surface area contributed by atoms with E-state index in [0.717, 1.165) is 0 Å². The standard InChI is InChI=1S/C23H26N4O7S/c1-26(2)12-7-11(25-35)17(28)14-9(12)5-8-6-10-16(27(3)4)19(30)15(22(24)33)21(32)23(10,34)20(31)13(8)18(14)29/h7-8,10,13,15-16,28,34H,5-6H2,1-4H3,(H2,24,33)/t8-,10-,13?,15?,16-,23-/m0/s1. The molecule has 0 heterocycles. The molecule has 2 saturated carbocycles. The van der Waals surface area contributed by atoms with Crippen molar-refractivity contribution in [3.8, 4) is 5.75 Å². The highest BCUT2D eigenvalue weighted by Gasteiger charge is 2.69. The van der Waals surface area contributed by atoms with Gasteiger partial charge in [0.2, 0.25) is 5.91 Å². The van der Waals surface area contributed by atoms with Crippen LogP contribution in [0.4, 0.5) is 11.4 Å². The first kappa shape index (κ1) is 25.0. The van der Waals surface area contributed by atoms with Crippen molar-refractivity contribution in [2.75, 3.05) is 33.1 Å². The number of fused-ring (bicyclic) bond motifs is 3. The Morgan fingerprint density at radius 3 is 2.31 bits per heavy atom. The van der Waals surface area contributed by atoms with Gasteiger partial charge >= 0.3 is 0 Å². The predicted molar refractivity (Wildman–Crippen MR) is 125 cm³/mol. The first-order chi connectivity index (χ1) is 16.3. The van der Waals surface area contributed by atoms with E-state index in [4.69, 9.17) is 18.2 Å². The molecular weight excluding hydrogens is 476 g/mol. The summed E-state index contributed by atoms with van der Waals surface area (Å²) < 4.78 is 3.61. The van der Waals surface area contributed by atoms with Crippen molar-refractivity contribution in [1.82, 2.24) is 4.90 Å². The number of Topliss-reactive ketones (excluding diaryl/α,β-unsaturated/α-hetero) is 4. The molecular formula is C23H26N4O7S. The molecule has 4 rings (SSSR count). The summed E-state index contributed by atoms with van der Waals surface area (Å²) in [5.41, 5.74) is 3.47. The lowest BCUT2D eigenvalue weighted by atomic mass is 9.52. The van der Waals surface area contributed by atoms with Crippen molar-refractivity contribution < 1.29 is 34.2 Å². The summed E-state index contributed by atoms with van der Waals surface area (Å²) in [6, 6.07) is 0.406. The predicted octanol–water partition coefficient (Wildman–Crippen LogP) is -0.705. The Labute approximate surface area is 206 Å². The van der Waals surface area contributed by atoms with Gasteiger partial charge in [-0.2, -0.15) is 4.36 Å². The van der Waals surface area contributed by atoms with Gasteiger partial charge in [0, 0.05) is 38.1 Å². The van der Waals surface area contributed by atoms with Crippen LogP contribution < -0.4 is 10.6 Å². The van der Waals surface area contributed by atoms with Gasteiger partial charge in [0.1, 0.15) is 5.69 Å². The average molecular weight is 503 g/mol. The van der Waals surface area contributed by atoms with Gasteiger partial charge in [-0.05, 0) is 44.5 Å². The van der Waals surface area contributed by atoms with Crippen LogP contribution in [-0.4, -0.2) is 84.0 Å². The Hall–Kier alpha value is -3.09. The molecule has 6 atom stereocenters. The third-order valence-corrected chi connectivity index (χ3v) is 7.79. The number of nitrogens with two attached hydrogens (primary N) is 1. The summed E-state index contributed by atoms with van der Waals surface area (Å²) >= 11 is 4.73. The maximum absolute atomic E-state index is 13.8. The minimum atomic E-state index is -2.75. The number of hydrogen-bond acceptors (Lipinski definition) is 11. The molecule has 0 aliphatic heterocycles. The Kier molecular flexibility index (Phi) is 5.89. The lowest BCUT2D eigenvalue weighted by molar-refractivity contribution is -0.181. The zero-order valence-corrected chi connectivity index (χ0v) is 20.5. The lowest BCUT2D eigenvalue weighted by Gasteiger charge is -2.52. The van der Waals surface area contributed by atoms with Crippen LogP contribution in [0.3, 0.4) is 0 Å². The van der Waals surface area contributed by atoms with E-state index in [9.17, 15) is 34.2 Å². The van der Waals surface area contributed by atoms with Crippen LogP contribution in [0.2, 0.25) is 0 Å². The van der Waals surface area contributed by atoms with E-state index >= 15 is 0 Å². The number of primary amides is 1. The molecule has 186 valence electrons. The highest BCUT2D eigenvalue weighted by molar-refractivity contribution is 7.47. The molecule has 0 aromatic heterocycles. The maximum Gasteiger partial charge on any atom is 0.235 e. The molecule has 1 amide bonds. The van der Waals surface area contributed by atoms with Crippen LogP contribution in [0.25, 0.3) is 0 Å². The van der Waals surface area contributed by atoms with Gasteiger partial charge < -0.3 is 20.8 Å². The minimum absolute atomic E-state index is 0.00924. The number of likely N-dealkylation sites (N-methyl/N-ethyl adjacent to an activating group) is 1. The number of amides is 1. The highest BCUT2D eigenvalue weighted by atomic mass is 32.1. The minimum Gasteiger partial charge on any atom is -0.505 e. The fraction of sp³-hybridized carbons (Fsp3) is 0.522. The molecule has 0 spiro atoms. The van der Waals surface area contributed by atoms with Gasteiger partial charge in [-0.1, -0.05) is 0 Å². The van der Waals surface area contributed by atoms with Gasteiger partial charge in [-0.3, -0.25) is 28.9 Å². The maximum atomic E-state index is 13.8. The van der Waals surface area contributed by atoms with Gasteiger partial charge in [0.05, 0.1) is 17.5 Å². The van der Waals surface area contributed by atoms with E-state index in [0.29, 0.717) is 11.3 Å². The number of aromatic hydroxyl groups is 1. The van der Waals surface area contributed by atoms with E-state index < -0.39 is 70.1 Å². The van der Waals surface area contributed by atoms with Gasteiger partial charge in [0.25, 0.3) is 0 Å². The summed E-state index contributed by atoms with van der Waals surface area (Å²) in [5, 5.41) is 22.3. The number of phenolic OH excluding ortho intramolecular Hbond substituents is 1. The summed E-state index contributed by atoms with van der Waals surface area (Å²) in [7, 11) is 6.56. The molecule has 11 nitrogen and oxygen atoms in total. The number of rotatable bonds is 4. The largest absolute Gasteiger partial charge is 0.505 e. The third-order valence-electron chi connectivity index (χ3n) is 7.60. The molecule has 35 heavy (non-hydrogen) atoms. The zero-order chi connectivity index (χ0) is 26.1. The van der Waals surface area contributed by atoms with E-state index in [1.807, 2.05) is 0 Å². The second-order valence-electron chi connectivity index (χ2n) is 9.89. The number of nitrogens with zero attached hydrogens (tertiary/aromatic N) is 3. The molecule has 4 N–H and O–H groups in total. The van der Waals surface area contributed by atoms with Crippen LogP contribution in [0, 0.1) is 23.7 Å². The normalized spacial score (nSPS) is 32.1. The van der Waals surface area contributed by atoms with Gasteiger partial charge in [-0.15, -0.1) is 0 Å². The van der Waals surface area contributed by atoms with Crippen LogP contribution in [0.15, 0.2) is 10.4 Å². The summed E-state index contributed by atoms with van der Waals surface area (Å²) in [6.07, 6.45) is 0.162. The molecule has 0 saturated heterocycles. The molecule has 3 aliphatic carbocycles. The Morgan fingerprint density at radius 2 is 1.80 bits per heavy atom. The molecule has 1 aromatic rings. The molecule has 2 fully saturated rings. The fourth-order valence-electron chi connectivity index (χ4n) is 6.11. The van der Waals surface area contributed by atoms with E-state index in [1.54, 1.807) is 25.1 Å². The van der Waals surface area contributed by atoms with Gasteiger partial charge in [-0.25, -0.2) is 0 Å². The van der Waals surface area contributed by atoms with Crippen molar-refractivity contribution in [1.29, 1.82) is 0 Å². The second-order valence-corrected chi connectivity index (χ2v) is 10.1. The quantitative estimate of drug-likeness (QED) is 0.447. The second kappa shape index (κ2) is 8.25. The summed E-state index contributed by atoms with van der Waals surface area (Å²) in [6.45, 7) is 0. The Morgan fingerprint density at radius 1 is 1.17 bits per heavy atom. The van der Waals surface area contributed by atoms with Crippen LogP contribution in [0.1, 0.15) is 22.3 Å². The van der Waals surface area contributed by atoms with E-state index in [-0.39, 0.29) is 24.1 Å². The van der Waals surface area contributed by atoms with Crippen LogP contribution in [-0.2, 0) is 38.0 Å². The molecule has 1 aromatic carbocycles. The van der Waals surface area contributed by atoms with Crippen molar-refractivity contribution in [3.05, 3.63) is 17.2 Å². The molecule has 12 heteroatoms. The summed E-state index contributed by atoms with van der Waals surface area (Å²) in [4.78, 5) is 69.0. The zero-order valence-electron chi connectivity index (χ0n) is 19.6. The number of hydrogen-bond donors (Lipinski definition) is 3. The first-order valence-electron chi connectivity index (χ1n) is 11.0. The Bertz CT molecular complexity index is 1210. The Balaban J connectivity index is 1.92. The van der Waals surface area contributed by atoms with Crippen molar-refractivity contribution in [2.45, 2.75) is 24.5 Å². The first-order valence-corrected chi connectivity index (χ1v) is 11.4. The number of aliphatic hydroxyl groups is 1. The summed E-state index contributed by atoms with van der Waals surface area (Å²) in [5.74, 6) is -11.0. The number of carbonyl (C=O) groups excluding carboxylic acids is 5. The lowest BCUT2D eigenvalue weighted by Crippen LogP contribution is -2.74. The van der Waals surface area contributed by atoms with Crippen LogP contribution in [0.5, 0.6) is 5.75 Å². The van der Waals surface area contributed by atoms with Crippen molar-refractivity contribution in [3.63, 3.8) is 0 Å². The third kappa shape index (κ3) is 3.27. The van der Waals surface area contributed by atoms with E-state index in [2.05, 4.69) is 4.36 Å². The molecule has 0 bridgehead atoms. The average Bonchev–Trinajstić information content (AvgIpc) is 2.75. The SMILES string of the molecule is CN(C)c1cc(N=S)c(O)c2c1C[C@H]1C[C@H]3[C@H](N(C)C)C(=O)C(C(N)=O)C(=O)[C@@]3(O)C(=O)C1C2=O. The van der Waals surface area contributed by atoms with Crippen molar-refractivity contribution >= 4 is 52.8 Å². The smallest absolute Gasteiger partial charge is 0.235 e. The van der Waals surface area contributed by atoms with Crippen molar-refractivity contribution in [2.24, 2.45) is 33.8 Å². The number of phenols is 1. The monoisotopic (exact) mass is 502 g/mol. The van der Waals surface area contributed by atoms with E-state index in [1.165, 1.54) is 19.0 Å². The fourth-order valence-corrected chi connectivity index (χ4v) is 6.25. The molecule has 3 aliphatic rings. The topological polar surface area (TPSA) is 171 Å². The number of carbonyl (C=O) groups is 5. The number of anilines is 1. The number of benzene rings is 1.